The van der Waals surface area contributed by atoms with Crippen LogP contribution in [0.4, 0.5) is 0 Å². The Hall–Kier alpha value is -0.0900. The summed E-state index contributed by atoms with van der Waals surface area (Å²) in [6, 6.07) is 0.353. The van der Waals surface area contributed by atoms with Crippen molar-refractivity contribution >= 4 is 22.9 Å². The van der Waals surface area contributed by atoms with Crippen molar-refractivity contribution < 1.29 is 4.74 Å². The molecule has 1 aromatic rings. The first-order valence-electron chi connectivity index (χ1n) is 6.28. The van der Waals surface area contributed by atoms with Gasteiger partial charge in [0, 0.05) is 23.4 Å². The highest BCUT2D eigenvalue weighted by molar-refractivity contribution is 7.10. The Morgan fingerprint density at radius 3 is 3.00 bits per heavy atom. The van der Waals surface area contributed by atoms with Crippen LogP contribution >= 0.6 is 22.9 Å². The molecule has 1 aliphatic heterocycles. The van der Waals surface area contributed by atoms with Gasteiger partial charge in [-0.25, -0.2) is 0 Å². The standard InChI is InChI=1S/C13H20ClNOS/c1-3-15-12(10-5-4-6-16-7-10)13-11(14)9(2)8-17-13/h8,10,12,15H,3-7H2,1-2H3. The molecule has 0 amide bonds. The largest absolute Gasteiger partial charge is 0.381 e. The lowest BCUT2D eigenvalue weighted by molar-refractivity contribution is 0.0398. The highest BCUT2D eigenvalue weighted by Crippen LogP contribution is 2.38. The lowest BCUT2D eigenvalue weighted by Gasteiger charge is -2.30. The minimum atomic E-state index is 0.353. The summed E-state index contributed by atoms with van der Waals surface area (Å²) < 4.78 is 5.60. The van der Waals surface area contributed by atoms with E-state index in [9.17, 15) is 0 Å². The van der Waals surface area contributed by atoms with Gasteiger partial charge in [0.15, 0.2) is 0 Å². The summed E-state index contributed by atoms with van der Waals surface area (Å²) in [5.41, 5.74) is 1.19. The maximum absolute atomic E-state index is 6.39. The third-order valence-electron chi connectivity index (χ3n) is 3.30. The number of hydrogen-bond acceptors (Lipinski definition) is 3. The summed E-state index contributed by atoms with van der Waals surface area (Å²) in [5.74, 6) is 0.555. The molecule has 1 N–H and O–H groups in total. The van der Waals surface area contributed by atoms with Crippen LogP contribution in [0.5, 0.6) is 0 Å². The van der Waals surface area contributed by atoms with Crippen LogP contribution in [0.3, 0.4) is 0 Å². The van der Waals surface area contributed by atoms with E-state index in [2.05, 4.69) is 24.5 Å². The summed E-state index contributed by atoms with van der Waals surface area (Å²) in [6.45, 7) is 6.94. The van der Waals surface area contributed by atoms with Crippen LogP contribution in [0.15, 0.2) is 5.38 Å². The first-order chi connectivity index (χ1) is 8.24. The van der Waals surface area contributed by atoms with E-state index in [-0.39, 0.29) is 0 Å². The molecule has 4 heteroatoms. The van der Waals surface area contributed by atoms with E-state index in [1.807, 2.05) is 0 Å². The molecule has 96 valence electrons. The van der Waals surface area contributed by atoms with Crippen LogP contribution in [0.2, 0.25) is 5.02 Å². The Balaban J connectivity index is 2.18. The van der Waals surface area contributed by atoms with Crippen molar-refractivity contribution in [2.75, 3.05) is 19.8 Å². The predicted octanol–water partition coefficient (Wildman–Crippen LogP) is 3.79. The van der Waals surface area contributed by atoms with Gasteiger partial charge in [0.05, 0.1) is 11.6 Å². The SMILES string of the molecule is CCNC(c1scc(C)c1Cl)C1CCCOC1. The molecule has 1 saturated heterocycles. The number of thiophene rings is 1. The number of ether oxygens (including phenoxy) is 1. The van der Waals surface area contributed by atoms with Crippen molar-refractivity contribution in [3.63, 3.8) is 0 Å². The Morgan fingerprint density at radius 1 is 1.65 bits per heavy atom. The number of halogens is 1. The molecule has 1 aromatic heterocycles. The third-order valence-corrected chi connectivity index (χ3v) is 5.10. The Kier molecular flexibility index (Phi) is 4.86. The fraction of sp³-hybridized carbons (Fsp3) is 0.692. The molecule has 2 nitrogen and oxygen atoms in total. The van der Waals surface area contributed by atoms with Crippen molar-refractivity contribution in [1.29, 1.82) is 0 Å². The normalized spacial score (nSPS) is 22.6. The van der Waals surface area contributed by atoms with Crippen molar-refractivity contribution in [2.24, 2.45) is 5.92 Å². The summed E-state index contributed by atoms with van der Waals surface area (Å²) in [5, 5.41) is 6.65. The fourth-order valence-corrected chi connectivity index (χ4v) is 3.86. The van der Waals surface area contributed by atoms with Crippen molar-refractivity contribution in [3.8, 4) is 0 Å². The molecule has 2 rings (SSSR count). The summed E-state index contributed by atoms with van der Waals surface area (Å²) >= 11 is 8.16. The zero-order valence-electron chi connectivity index (χ0n) is 10.5. The lowest BCUT2D eigenvalue weighted by Crippen LogP contribution is -2.33. The molecule has 1 aliphatic rings. The van der Waals surface area contributed by atoms with Gasteiger partial charge in [0.25, 0.3) is 0 Å². The van der Waals surface area contributed by atoms with Crippen LogP contribution in [0, 0.1) is 12.8 Å². The molecule has 17 heavy (non-hydrogen) atoms. The zero-order valence-corrected chi connectivity index (χ0v) is 12.0. The van der Waals surface area contributed by atoms with Gasteiger partial charge in [0.2, 0.25) is 0 Å². The van der Waals surface area contributed by atoms with Crippen LogP contribution < -0.4 is 5.32 Å². The van der Waals surface area contributed by atoms with Crippen LogP contribution in [-0.4, -0.2) is 19.8 Å². The number of nitrogens with one attached hydrogen (secondary N) is 1. The second kappa shape index (κ2) is 6.19. The molecule has 0 radical (unpaired) electrons. The van der Waals surface area contributed by atoms with E-state index in [0.29, 0.717) is 12.0 Å². The third kappa shape index (κ3) is 3.02. The van der Waals surface area contributed by atoms with Gasteiger partial charge < -0.3 is 10.1 Å². The van der Waals surface area contributed by atoms with Gasteiger partial charge in [-0.05, 0) is 37.3 Å². The van der Waals surface area contributed by atoms with Gasteiger partial charge in [0.1, 0.15) is 0 Å². The lowest BCUT2D eigenvalue weighted by atomic mass is 9.92. The molecule has 0 saturated carbocycles. The van der Waals surface area contributed by atoms with Crippen molar-refractivity contribution in [1.82, 2.24) is 5.32 Å². The van der Waals surface area contributed by atoms with Crippen molar-refractivity contribution in [2.45, 2.75) is 32.7 Å². The van der Waals surface area contributed by atoms with Gasteiger partial charge in [-0.2, -0.15) is 0 Å². The van der Waals surface area contributed by atoms with E-state index in [0.717, 1.165) is 31.2 Å². The Morgan fingerprint density at radius 2 is 2.47 bits per heavy atom. The monoisotopic (exact) mass is 273 g/mol. The molecule has 0 spiro atoms. The predicted molar refractivity (Wildman–Crippen MR) is 74.0 cm³/mol. The highest BCUT2D eigenvalue weighted by atomic mass is 35.5. The summed E-state index contributed by atoms with van der Waals surface area (Å²) in [7, 11) is 0. The topological polar surface area (TPSA) is 21.3 Å². The molecule has 0 bridgehead atoms. The van der Waals surface area contributed by atoms with Gasteiger partial charge >= 0.3 is 0 Å². The minimum Gasteiger partial charge on any atom is -0.381 e. The average Bonchev–Trinajstić information content (AvgIpc) is 2.69. The van der Waals surface area contributed by atoms with Crippen LogP contribution in [0.25, 0.3) is 0 Å². The molecule has 0 aromatic carbocycles. The summed E-state index contributed by atoms with van der Waals surface area (Å²) in [4.78, 5) is 1.28. The maximum atomic E-state index is 6.39. The molecule has 2 unspecified atom stereocenters. The summed E-state index contributed by atoms with van der Waals surface area (Å²) in [6.07, 6.45) is 2.39. The number of hydrogen-bond donors (Lipinski definition) is 1. The van der Waals surface area contributed by atoms with E-state index >= 15 is 0 Å². The second-order valence-corrected chi connectivity index (χ2v) is 5.90. The second-order valence-electron chi connectivity index (χ2n) is 4.61. The molecule has 1 fully saturated rings. The van der Waals surface area contributed by atoms with Gasteiger partial charge in [-0.15, -0.1) is 11.3 Å². The molecule has 0 aliphatic carbocycles. The van der Waals surface area contributed by atoms with Gasteiger partial charge in [-0.3, -0.25) is 0 Å². The van der Waals surface area contributed by atoms with E-state index in [1.54, 1.807) is 11.3 Å². The van der Waals surface area contributed by atoms with Crippen LogP contribution in [-0.2, 0) is 4.74 Å². The van der Waals surface area contributed by atoms with E-state index in [4.69, 9.17) is 16.3 Å². The van der Waals surface area contributed by atoms with E-state index in [1.165, 1.54) is 16.9 Å². The number of aryl methyl sites for hydroxylation is 1. The fourth-order valence-electron chi connectivity index (χ4n) is 2.38. The maximum Gasteiger partial charge on any atom is 0.0590 e. The molecular formula is C13H20ClNOS. The van der Waals surface area contributed by atoms with Gasteiger partial charge in [-0.1, -0.05) is 18.5 Å². The first-order valence-corrected chi connectivity index (χ1v) is 7.54. The minimum absolute atomic E-state index is 0.353. The van der Waals surface area contributed by atoms with Crippen molar-refractivity contribution in [3.05, 3.63) is 20.8 Å². The quantitative estimate of drug-likeness (QED) is 0.901. The van der Waals surface area contributed by atoms with E-state index < -0.39 is 0 Å². The molecule has 2 atom stereocenters. The first kappa shape index (κ1) is 13.3. The zero-order chi connectivity index (χ0) is 12.3. The Labute approximate surface area is 112 Å². The molecular weight excluding hydrogens is 254 g/mol. The Bertz CT molecular complexity index is 360. The molecule has 2 heterocycles. The average molecular weight is 274 g/mol. The highest BCUT2D eigenvalue weighted by Gasteiger charge is 2.28. The smallest absolute Gasteiger partial charge is 0.0590 e. The van der Waals surface area contributed by atoms with Crippen LogP contribution in [0.1, 0.15) is 36.2 Å². The number of rotatable bonds is 4.